The van der Waals surface area contributed by atoms with Gasteiger partial charge in [0.15, 0.2) is 0 Å². The molecule has 6 nitrogen and oxygen atoms in total. The first-order chi connectivity index (χ1) is 12.5. The van der Waals surface area contributed by atoms with Crippen LogP contribution in [0.15, 0.2) is 48.5 Å². The second-order valence-corrected chi connectivity index (χ2v) is 6.26. The highest BCUT2D eigenvalue weighted by Gasteiger charge is 2.42. The van der Waals surface area contributed by atoms with Crippen LogP contribution in [0.2, 0.25) is 0 Å². The van der Waals surface area contributed by atoms with Crippen molar-refractivity contribution in [3.63, 3.8) is 0 Å². The fourth-order valence-electron chi connectivity index (χ4n) is 3.33. The van der Waals surface area contributed by atoms with Gasteiger partial charge in [-0.25, -0.2) is 0 Å². The van der Waals surface area contributed by atoms with Crippen molar-refractivity contribution in [2.45, 2.75) is 12.5 Å². The summed E-state index contributed by atoms with van der Waals surface area (Å²) < 4.78 is 10.5. The van der Waals surface area contributed by atoms with Crippen molar-refractivity contribution >= 4 is 17.5 Å². The van der Waals surface area contributed by atoms with Crippen LogP contribution in [0.5, 0.6) is 11.5 Å². The van der Waals surface area contributed by atoms with Gasteiger partial charge in [-0.15, -0.1) is 0 Å². The molecule has 6 heteroatoms. The van der Waals surface area contributed by atoms with Crippen molar-refractivity contribution in [1.29, 1.82) is 0 Å². The fourth-order valence-corrected chi connectivity index (χ4v) is 3.33. The number of carbonyl (C=O) groups is 2. The minimum atomic E-state index is -0.466. The Balaban J connectivity index is 1.85. The summed E-state index contributed by atoms with van der Waals surface area (Å²) in [5.74, 6) is 0.457. The van der Waals surface area contributed by atoms with E-state index in [0.29, 0.717) is 17.2 Å². The van der Waals surface area contributed by atoms with E-state index in [4.69, 9.17) is 9.47 Å². The molecule has 1 aliphatic rings. The average molecular weight is 354 g/mol. The molecule has 0 aromatic heterocycles. The predicted molar refractivity (Wildman–Crippen MR) is 98.2 cm³/mol. The van der Waals surface area contributed by atoms with Crippen molar-refractivity contribution < 1.29 is 19.1 Å². The molecule has 0 aliphatic carbocycles. The van der Waals surface area contributed by atoms with Gasteiger partial charge in [-0.1, -0.05) is 30.3 Å². The molecule has 2 aromatic rings. The van der Waals surface area contributed by atoms with Gasteiger partial charge < -0.3 is 19.7 Å². The van der Waals surface area contributed by atoms with Gasteiger partial charge in [0.05, 0.1) is 26.2 Å². The molecule has 1 saturated heterocycles. The molecule has 3 rings (SSSR count). The molecule has 1 fully saturated rings. The zero-order valence-corrected chi connectivity index (χ0v) is 15.1. The van der Waals surface area contributed by atoms with Gasteiger partial charge >= 0.3 is 0 Å². The van der Waals surface area contributed by atoms with Gasteiger partial charge in [0.2, 0.25) is 11.8 Å². The minimum Gasteiger partial charge on any atom is -0.497 e. The number of benzene rings is 2. The maximum atomic E-state index is 12.9. The molecule has 26 heavy (non-hydrogen) atoms. The fraction of sp³-hybridized carbons (Fsp3) is 0.300. The van der Waals surface area contributed by atoms with Crippen LogP contribution in [0.4, 0.5) is 5.69 Å². The normalized spacial score (nSPS) is 19.3. The highest BCUT2D eigenvalue weighted by atomic mass is 16.5. The van der Waals surface area contributed by atoms with E-state index >= 15 is 0 Å². The number of anilines is 1. The van der Waals surface area contributed by atoms with Gasteiger partial charge in [-0.05, 0) is 5.56 Å². The first-order valence-electron chi connectivity index (χ1n) is 8.38. The maximum absolute atomic E-state index is 12.9. The van der Waals surface area contributed by atoms with Gasteiger partial charge in [0.1, 0.15) is 11.5 Å². The molecule has 0 bridgehead atoms. The Kier molecular flexibility index (Phi) is 5.11. The molecule has 136 valence electrons. The second kappa shape index (κ2) is 7.47. The molecular weight excluding hydrogens is 332 g/mol. The number of nitrogens with zero attached hydrogens (tertiary/aromatic N) is 1. The highest BCUT2D eigenvalue weighted by molar-refractivity contribution is 5.98. The Morgan fingerprint density at radius 1 is 1.08 bits per heavy atom. The number of nitrogens with one attached hydrogen (secondary N) is 1. The number of amides is 2. The third-order valence-corrected chi connectivity index (χ3v) is 4.68. The van der Waals surface area contributed by atoms with Crippen molar-refractivity contribution in [3.05, 3.63) is 54.1 Å². The maximum Gasteiger partial charge on any atom is 0.230 e. The van der Waals surface area contributed by atoms with Crippen molar-refractivity contribution in [1.82, 2.24) is 4.90 Å². The molecule has 0 radical (unpaired) electrons. The monoisotopic (exact) mass is 354 g/mol. The molecule has 2 amide bonds. The van der Waals surface area contributed by atoms with Crippen LogP contribution in [-0.2, 0) is 9.59 Å². The number of carbonyl (C=O) groups excluding carboxylic acids is 2. The quantitative estimate of drug-likeness (QED) is 0.896. The van der Waals surface area contributed by atoms with Gasteiger partial charge in [0, 0.05) is 37.4 Å². The average Bonchev–Trinajstić information content (AvgIpc) is 2.97. The summed E-state index contributed by atoms with van der Waals surface area (Å²) in [6, 6.07) is 14.5. The summed E-state index contributed by atoms with van der Waals surface area (Å²) in [5.41, 5.74) is 1.52. The molecule has 2 atom stereocenters. The lowest BCUT2D eigenvalue weighted by molar-refractivity contribution is -0.127. The van der Waals surface area contributed by atoms with E-state index < -0.39 is 5.92 Å². The predicted octanol–water partition coefficient (Wildman–Crippen LogP) is 2.86. The van der Waals surface area contributed by atoms with Crippen LogP contribution in [0.3, 0.4) is 0 Å². The van der Waals surface area contributed by atoms with Gasteiger partial charge in [0.25, 0.3) is 0 Å². The van der Waals surface area contributed by atoms with Crippen LogP contribution in [-0.4, -0.2) is 38.0 Å². The lowest BCUT2D eigenvalue weighted by Gasteiger charge is -2.25. The number of hydrogen-bond acceptors (Lipinski definition) is 4. The number of rotatable bonds is 5. The third-order valence-electron chi connectivity index (χ3n) is 4.68. The lowest BCUT2D eigenvalue weighted by atomic mass is 9.93. The molecule has 0 saturated carbocycles. The van der Waals surface area contributed by atoms with Crippen molar-refractivity contribution in [2.75, 3.05) is 26.6 Å². The van der Waals surface area contributed by atoms with E-state index in [1.807, 2.05) is 30.3 Å². The SMILES string of the molecule is COc1cc(NC(=O)[C@H]2CC(=O)N(C)[C@H]2c2ccccc2)cc(OC)c1. The van der Waals surface area contributed by atoms with E-state index in [1.54, 1.807) is 44.4 Å². The number of ether oxygens (including phenoxy) is 2. The third kappa shape index (κ3) is 3.49. The van der Waals surface area contributed by atoms with Gasteiger partial charge in [-0.3, -0.25) is 9.59 Å². The largest absolute Gasteiger partial charge is 0.497 e. The summed E-state index contributed by atoms with van der Waals surface area (Å²) in [6.07, 6.45) is 0.184. The molecule has 0 spiro atoms. The molecule has 1 N–H and O–H groups in total. The van der Waals surface area contributed by atoms with Crippen LogP contribution in [0, 0.1) is 5.92 Å². The highest BCUT2D eigenvalue weighted by Crippen LogP contribution is 2.38. The van der Waals surface area contributed by atoms with Gasteiger partial charge in [-0.2, -0.15) is 0 Å². The van der Waals surface area contributed by atoms with E-state index in [-0.39, 0.29) is 24.3 Å². The van der Waals surface area contributed by atoms with E-state index in [0.717, 1.165) is 5.56 Å². The van der Waals surface area contributed by atoms with Crippen LogP contribution < -0.4 is 14.8 Å². The Hall–Kier alpha value is -3.02. The zero-order valence-electron chi connectivity index (χ0n) is 15.1. The summed E-state index contributed by atoms with van der Waals surface area (Å²) >= 11 is 0. The van der Waals surface area contributed by atoms with E-state index in [9.17, 15) is 9.59 Å². The van der Waals surface area contributed by atoms with Crippen LogP contribution >= 0.6 is 0 Å². The Morgan fingerprint density at radius 3 is 2.27 bits per heavy atom. The standard InChI is InChI=1S/C20H22N2O4/c1-22-18(23)12-17(19(22)13-7-5-4-6-8-13)20(24)21-14-9-15(25-2)11-16(10-14)26-3/h4-11,17,19H,12H2,1-3H3,(H,21,24)/t17-,19-/m0/s1. The summed E-state index contributed by atoms with van der Waals surface area (Å²) in [5, 5.41) is 2.90. The lowest BCUT2D eigenvalue weighted by Crippen LogP contribution is -2.30. The Labute approximate surface area is 152 Å². The number of likely N-dealkylation sites (tertiary alicyclic amines) is 1. The number of methoxy groups -OCH3 is 2. The van der Waals surface area contributed by atoms with Crippen LogP contribution in [0.1, 0.15) is 18.0 Å². The Bertz CT molecular complexity index is 784. The summed E-state index contributed by atoms with van der Waals surface area (Å²) in [6.45, 7) is 0. The molecule has 1 aliphatic heterocycles. The molecular formula is C20H22N2O4. The van der Waals surface area contributed by atoms with Crippen molar-refractivity contribution in [3.8, 4) is 11.5 Å². The number of hydrogen-bond donors (Lipinski definition) is 1. The molecule has 2 aromatic carbocycles. The van der Waals surface area contributed by atoms with E-state index in [1.165, 1.54) is 0 Å². The molecule has 0 unspecified atom stereocenters. The topological polar surface area (TPSA) is 67.9 Å². The first kappa shape index (κ1) is 17.8. The first-order valence-corrected chi connectivity index (χ1v) is 8.38. The summed E-state index contributed by atoms with van der Waals surface area (Å²) in [4.78, 5) is 26.8. The Morgan fingerprint density at radius 2 is 1.69 bits per heavy atom. The van der Waals surface area contributed by atoms with E-state index in [2.05, 4.69) is 5.32 Å². The summed E-state index contributed by atoms with van der Waals surface area (Å²) in [7, 11) is 4.84. The van der Waals surface area contributed by atoms with Crippen molar-refractivity contribution in [2.24, 2.45) is 5.92 Å². The second-order valence-electron chi connectivity index (χ2n) is 6.26. The molecule has 1 heterocycles. The minimum absolute atomic E-state index is 0.0396. The smallest absolute Gasteiger partial charge is 0.230 e. The van der Waals surface area contributed by atoms with Crippen LogP contribution in [0.25, 0.3) is 0 Å². The zero-order chi connectivity index (χ0) is 18.7.